The number of amides is 2. The zero-order chi connectivity index (χ0) is 26.6. The number of morpholine rings is 2. The number of aromatic nitrogens is 2. The van der Waals surface area contributed by atoms with Gasteiger partial charge < -0.3 is 24.0 Å². The molecule has 1 atom stereocenters. The monoisotopic (exact) mass is 544 g/mol. The normalized spacial score (nSPS) is 20.7. The predicted octanol–water partition coefficient (Wildman–Crippen LogP) is 2.79. The zero-order valence-corrected chi connectivity index (χ0v) is 21.1. The lowest BCUT2D eigenvalue weighted by molar-refractivity contribution is -0.167. The number of carbonyl (C=O) groups excluding carboxylic acids is 2. The Morgan fingerprint density at radius 1 is 1.14 bits per heavy atom. The number of aryl methyl sites for hydroxylation is 1. The molecule has 3 heterocycles. The molecule has 2 aromatic rings. The Balaban J connectivity index is 1.49. The summed E-state index contributed by atoms with van der Waals surface area (Å²) in [6, 6.07) is 5.17. The van der Waals surface area contributed by atoms with Gasteiger partial charge in [0, 0.05) is 30.9 Å². The first-order valence-corrected chi connectivity index (χ1v) is 12.2. The smallest absolute Gasteiger partial charge is 0.419 e. The molecule has 2 fully saturated rings. The number of hydrogen-bond donors (Lipinski definition) is 0. The van der Waals surface area contributed by atoms with E-state index in [0.717, 1.165) is 16.4 Å². The maximum atomic E-state index is 13.1. The molecule has 1 aromatic carbocycles. The fourth-order valence-electron chi connectivity index (χ4n) is 4.26. The molecule has 2 aliphatic heterocycles. The van der Waals surface area contributed by atoms with Gasteiger partial charge in [0.1, 0.15) is 24.5 Å². The van der Waals surface area contributed by atoms with Crippen molar-refractivity contribution in [2.24, 2.45) is 0 Å². The molecule has 0 N–H and O–H groups in total. The number of alkyl halides is 3. The van der Waals surface area contributed by atoms with Crippen LogP contribution >= 0.6 is 11.6 Å². The van der Waals surface area contributed by atoms with E-state index in [9.17, 15) is 22.8 Å². The van der Waals surface area contributed by atoms with E-state index in [1.807, 2.05) is 6.92 Å². The summed E-state index contributed by atoms with van der Waals surface area (Å²) in [5, 5.41) is 4.25. The van der Waals surface area contributed by atoms with Crippen molar-refractivity contribution in [1.82, 2.24) is 19.6 Å². The highest BCUT2D eigenvalue weighted by Crippen LogP contribution is 2.29. The topological polar surface area (TPSA) is 86.1 Å². The summed E-state index contributed by atoms with van der Waals surface area (Å²) in [7, 11) is 0. The van der Waals surface area contributed by atoms with E-state index in [0.29, 0.717) is 43.3 Å². The standard InChI is InChI=1S/C24H28ClF3N4O5/c1-17-10-19(2-3-20(17)25)36-16-23(11-21(33)30-4-7-35-8-5-30)15-31(6-9-37-23)22(34)14-32-13-18(12-29-32)24(26,27)28/h2-3,10,12-13H,4-9,11,14-16H2,1H3/t23-/m1/s1. The third-order valence-electron chi connectivity index (χ3n) is 6.33. The van der Waals surface area contributed by atoms with Gasteiger partial charge in [0.15, 0.2) is 0 Å². The Labute approximate surface area is 217 Å². The van der Waals surface area contributed by atoms with E-state index in [1.165, 1.54) is 4.90 Å². The van der Waals surface area contributed by atoms with Gasteiger partial charge in [-0.3, -0.25) is 14.3 Å². The van der Waals surface area contributed by atoms with Crippen molar-refractivity contribution in [2.75, 3.05) is 52.6 Å². The molecule has 0 spiro atoms. The maximum Gasteiger partial charge on any atom is 0.419 e. The second kappa shape index (κ2) is 11.3. The fourth-order valence-corrected chi connectivity index (χ4v) is 4.38. The number of benzene rings is 1. The lowest BCUT2D eigenvalue weighted by Gasteiger charge is -2.43. The second-order valence-corrected chi connectivity index (χ2v) is 9.55. The molecule has 13 heteroatoms. The van der Waals surface area contributed by atoms with Crippen LogP contribution in [-0.2, 0) is 31.8 Å². The van der Waals surface area contributed by atoms with Gasteiger partial charge in [-0.05, 0) is 30.7 Å². The first kappa shape index (κ1) is 27.2. The van der Waals surface area contributed by atoms with Crippen LogP contribution in [0, 0.1) is 6.92 Å². The molecule has 2 amide bonds. The minimum absolute atomic E-state index is 0.0199. The van der Waals surface area contributed by atoms with Gasteiger partial charge in [0.25, 0.3) is 0 Å². The SMILES string of the molecule is Cc1cc(OC[C@@]2(CC(=O)N3CCOCC3)CN(C(=O)Cn3cc(C(F)(F)F)cn3)CCO2)ccc1Cl. The lowest BCUT2D eigenvalue weighted by Crippen LogP contribution is -2.59. The summed E-state index contributed by atoms with van der Waals surface area (Å²) < 4.78 is 57.1. The molecule has 0 aliphatic carbocycles. The van der Waals surface area contributed by atoms with Gasteiger partial charge in [-0.15, -0.1) is 0 Å². The molecular weight excluding hydrogens is 517 g/mol. The van der Waals surface area contributed by atoms with Crippen LogP contribution in [0.25, 0.3) is 0 Å². The van der Waals surface area contributed by atoms with E-state index >= 15 is 0 Å². The van der Waals surface area contributed by atoms with Crippen LogP contribution in [-0.4, -0.2) is 89.6 Å². The highest BCUT2D eigenvalue weighted by Gasteiger charge is 2.42. The van der Waals surface area contributed by atoms with Crippen molar-refractivity contribution in [3.05, 3.63) is 46.7 Å². The molecule has 9 nitrogen and oxygen atoms in total. The minimum Gasteiger partial charge on any atom is -0.490 e. The molecular formula is C24H28ClF3N4O5. The largest absolute Gasteiger partial charge is 0.490 e. The summed E-state index contributed by atoms with van der Waals surface area (Å²) in [4.78, 5) is 29.3. The van der Waals surface area contributed by atoms with E-state index in [4.69, 9.17) is 25.8 Å². The average molecular weight is 545 g/mol. The predicted molar refractivity (Wildman–Crippen MR) is 126 cm³/mol. The Hall–Kier alpha value is -2.83. The minimum atomic E-state index is -4.55. The first-order valence-electron chi connectivity index (χ1n) is 11.8. The Morgan fingerprint density at radius 3 is 2.54 bits per heavy atom. The number of carbonyl (C=O) groups is 2. The molecule has 37 heavy (non-hydrogen) atoms. The molecule has 2 saturated heterocycles. The maximum absolute atomic E-state index is 13.1. The van der Waals surface area contributed by atoms with Crippen LogP contribution in [0.1, 0.15) is 17.5 Å². The van der Waals surface area contributed by atoms with E-state index in [-0.39, 0.29) is 45.2 Å². The number of nitrogens with zero attached hydrogens (tertiary/aromatic N) is 4. The third kappa shape index (κ3) is 6.93. The fraction of sp³-hybridized carbons (Fsp3) is 0.542. The molecule has 1 aromatic heterocycles. The molecule has 4 rings (SSSR count). The molecule has 0 unspecified atom stereocenters. The van der Waals surface area contributed by atoms with Crippen LogP contribution in [0.15, 0.2) is 30.6 Å². The number of ether oxygens (including phenoxy) is 3. The van der Waals surface area contributed by atoms with Crippen molar-refractivity contribution >= 4 is 23.4 Å². The Kier molecular flexibility index (Phi) is 8.29. The summed E-state index contributed by atoms with van der Waals surface area (Å²) in [6.45, 7) is 3.62. The highest BCUT2D eigenvalue weighted by atomic mass is 35.5. The van der Waals surface area contributed by atoms with Crippen LogP contribution < -0.4 is 4.74 Å². The van der Waals surface area contributed by atoms with Gasteiger partial charge in [-0.25, -0.2) is 0 Å². The number of hydrogen-bond acceptors (Lipinski definition) is 6. The first-order chi connectivity index (χ1) is 17.5. The van der Waals surface area contributed by atoms with Gasteiger partial charge in [0.05, 0.1) is 44.5 Å². The van der Waals surface area contributed by atoms with E-state index in [1.54, 1.807) is 23.1 Å². The van der Waals surface area contributed by atoms with Crippen LogP contribution in [0.3, 0.4) is 0 Å². The molecule has 202 valence electrons. The van der Waals surface area contributed by atoms with Gasteiger partial charge in [0.2, 0.25) is 11.8 Å². The quantitative estimate of drug-likeness (QED) is 0.533. The Morgan fingerprint density at radius 2 is 1.86 bits per heavy atom. The van der Waals surface area contributed by atoms with Crippen molar-refractivity contribution in [3.63, 3.8) is 0 Å². The summed E-state index contributed by atoms with van der Waals surface area (Å²) in [6.07, 6.45) is -3.12. The van der Waals surface area contributed by atoms with Gasteiger partial charge in [-0.1, -0.05) is 11.6 Å². The Bertz CT molecular complexity index is 1120. The second-order valence-electron chi connectivity index (χ2n) is 9.14. The lowest BCUT2D eigenvalue weighted by atomic mass is 9.96. The van der Waals surface area contributed by atoms with E-state index in [2.05, 4.69) is 5.10 Å². The average Bonchev–Trinajstić information content (AvgIpc) is 3.35. The highest BCUT2D eigenvalue weighted by molar-refractivity contribution is 6.31. The van der Waals surface area contributed by atoms with E-state index < -0.39 is 23.2 Å². The summed E-state index contributed by atoms with van der Waals surface area (Å²) >= 11 is 6.10. The van der Waals surface area contributed by atoms with Crippen molar-refractivity contribution in [2.45, 2.75) is 31.7 Å². The van der Waals surface area contributed by atoms with Gasteiger partial charge >= 0.3 is 6.18 Å². The molecule has 0 saturated carbocycles. The zero-order valence-electron chi connectivity index (χ0n) is 20.3. The van der Waals surface area contributed by atoms with Crippen LogP contribution in [0.2, 0.25) is 5.02 Å². The molecule has 2 aliphatic rings. The molecule has 0 radical (unpaired) electrons. The van der Waals surface area contributed by atoms with Crippen molar-refractivity contribution in [3.8, 4) is 5.75 Å². The summed E-state index contributed by atoms with van der Waals surface area (Å²) in [5.41, 5.74) is -1.27. The number of halogens is 4. The number of rotatable bonds is 7. The van der Waals surface area contributed by atoms with Crippen molar-refractivity contribution < 1.29 is 37.0 Å². The van der Waals surface area contributed by atoms with Crippen LogP contribution in [0.4, 0.5) is 13.2 Å². The third-order valence-corrected chi connectivity index (χ3v) is 6.75. The molecule has 0 bridgehead atoms. The van der Waals surface area contributed by atoms with Crippen LogP contribution in [0.5, 0.6) is 5.75 Å². The van der Waals surface area contributed by atoms with Crippen molar-refractivity contribution in [1.29, 1.82) is 0 Å². The van der Waals surface area contributed by atoms with Gasteiger partial charge in [-0.2, -0.15) is 18.3 Å². The summed E-state index contributed by atoms with van der Waals surface area (Å²) in [5.74, 6) is -0.0654.